The van der Waals surface area contributed by atoms with Crippen LogP contribution in [0, 0.1) is 11.8 Å². The third-order valence-corrected chi connectivity index (χ3v) is 3.52. The molecule has 1 aromatic rings. The molecule has 0 saturated heterocycles. The van der Waals surface area contributed by atoms with Crippen LogP contribution in [0.5, 0.6) is 0 Å². The molecule has 3 unspecified atom stereocenters. The standard InChI is InChI=1S/C16H24ClNO2/c1-11(8-13(3)19)10-18-16(20)12(2)9-14-4-6-15(17)7-5-14/h4-7,11-13,19H,8-10H2,1-3H3,(H,18,20). The number of aliphatic hydroxyl groups excluding tert-OH is 1. The van der Waals surface area contributed by atoms with E-state index < -0.39 is 0 Å². The predicted molar refractivity (Wildman–Crippen MR) is 82.8 cm³/mol. The lowest BCUT2D eigenvalue weighted by molar-refractivity contribution is -0.124. The van der Waals surface area contributed by atoms with Gasteiger partial charge in [0, 0.05) is 17.5 Å². The molecule has 0 aliphatic rings. The molecule has 4 heteroatoms. The summed E-state index contributed by atoms with van der Waals surface area (Å²) in [6.07, 6.45) is 1.08. The predicted octanol–water partition coefficient (Wildman–Crippen LogP) is 3.04. The van der Waals surface area contributed by atoms with Crippen molar-refractivity contribution in [2.75, 3.05) is 6.54 Å². The van der Waals surface area contributed by atoms with E-state index in [1.807, 2.05) is 38.1 Å². The van der Waals surface area contributed by atoms with Gasteiger partial charge in [0.25, 0.3) is 0 Å². The Morgan fingerprint density at radius 3 is 2.40 bits per heavy atom. The molecule has 0 aliphatic heterocycles. The SMILES string of the molecule is CC(O)CC(C)CNC(=O)C(C)Cc1ccc(Cl)cc1. The molecule has 0 aliphatic carbocycles. The summed E-state index contributed by atoms with van der Waals surface area (Å²) in [4.78, 5) is 12.0. The van der Waals surface area contributed by atoms with Gasteiger partial charge >= 0.3 is 0 Å². The van der Waals surface area contributed by atoms with Crippen LogP contribution in [0.3, 0.4) is 0 Å². The molecule has 0 saturated carbocycles. The number of nitrogens with one attached hydrogen (secondary N) is 1. The largest absolute Gasteiger partial charge is 0.393 e. The molecule has 1 amide bonds. The molecule has 1 aromatic carbocycles. The van der Waals surface area contributed by atoms with Crippen LogP contribution in [0.1, 0.15) is 32.8 Å². The Kier molecular flexibility index (Phi) is 7.03. The summed E-state index contributed by atoms with van der Waals surface area (Å²) in [5, 5.41) is 12.9. The topological polar surface area (TPSA) is 49.3 Å². The number of hydrogen-bond donors (Lipinski definition) is 2. The maximum absolute atomic E-state index is 12.0. The molecule has 3 atom stereocenters. The van der Waals surface area contributed by atoms with Gasteiger partial charge in [0.2, 0.25) is 5.91 Å². The van der Waals surface area contributed by atoms with Gasteiger partial charge < -0.3 is 10.4 Å². The summed E-state index contributed by atoms with van der Waals surface area (Å²) >= 11 is 5.84. The van der Waals surface area contributed by atoms with Gasteiger partial charge in [-0.05, 0) is 43.4 Å². The second kappa shape index (κ2) is 8.28. The maximum atomic E-state index is 12.0. The Morgan fingerprint density at radius 2 is 1.85 bits per heavy atom. The first-order valence-corrected chi connectivity index (χ1v) is 7.46. The average molecular weight is 298 g/mol. The average Bonchev–Trinajstić information content (AvgIpc) is 2.37. The number of carbonyl (C=O) groups excluding carboxylic acids is 1. The maximum Gasteiger partial charge on any atom is 0.223 e. The molecule has 0 fully saturated rings. The van der Waals surface area contributed by atoms with Gasteiger partial charge in [-0.25, -0.2) is 0 Å². The van der Waals surface area contributed by atoms with E-state index in [2.05, 4.69) is 5.32 Å². The smallest absolute Gasteiger partial charge is 0.223 e. The molecule has 0 heterocycles. The van der Waals surface area contributed by atoms with Gasteiger partial charge in [-0.15, -0.1) is 0 Å². The van der Waals surface area contributed by atoms with E-state index in [-0.39, 0.29) is 23.8 Å². The van der Waals surface area contributed by atoms with Crippen LogP contribution in [-0.4, -0.2) is 23.7 Å². The minimum absolute atomic E-state index is 0.0531. The fourth-order valence-electron chi connectivity index (χ4n) is 2.18. The number of hydrogen-bond acceptors (Lipinski definition) is 2. The summed E-state index contributed by atoms with van der Waals surface area (Å²) < 4.78 is 0. The third kappa shape index (κ3) is 6.40. The highest BCUT2D eigenvalue weighted by Crippen LogP contribution is 2.13. The minimum atomic E-state index is -0.326. The van der Waals surface area contributed by atoms with Crippen LogP contribution < -0.4 is 5.32 Å². The zero-order valence-electron chi connectivity index (χ0n) is 12.4. The zero-order valence-corrected chi connectivity index (χ0v) is 13.2. The van der Waals surface area contributed by atoms with E-state index in [1.165, 1.54) is 0 Å². The van der Waals surface area contributed by atoms with Crippen molar-refractivity contribution in [1.82, 2.24) is 5.32 Å². The molecule has 112 valence electrons. The number of aliphatic hydroxyl groups is 1. The van der Waals surface area contributed by atoms with Gasteiger partial charge in [0.15, 0.2) is 0 Å². The monoisotopic (exact) mass is 297 g/mol. The number of carbonyl (C=O) groups is 1. The van der Waals surface area contributed by atoms with Crippen molar-refractivity contribution < 1.29 is 9.90 Å². The van der Waals surface area contributed by atoms with Crippen LogP contribution in [0.15, 0.2) is 24.3 Å². The van der Waals surface area contributed by atoms with Crippen molar-refractivity contribution in [3.8, 4) is 0 Å². The van der Waals surface area contributed by atoms with E-state index in [0.717, 1.165) is 5.56 Å². The Balaban J connectivity index is 2.37. The van der Waals surface area contributed by atoms with Crippen LogP contribution >= 0.6 is 11.6 Å². The van der Waals surface area contributed by atoms with Gasteiger partial charge in [0.05, 0.1) is 6.10 Å². The van der Waals surface area contributed by atoms with Gasteiger partial charge in [0.1, 0.15) is 0 Å². The summed E-state index contributed by atoms with van der Waals surface area (Å²) in [6, 6.07) is 7.57. The zero-order chi connectivity index (χ0) is 15.1. The number of amides is 1. The Labute approximate surface area is 126 Å². The highest BCUT2D eigenvalue weighted by molar-refractivity contribution is 6.30. The van der Waals surface area contributed by atoms with Crippen molar-refractivity contribution in [2.24, 2.45) is 11.8 Å². The first-order valence-electron chi connectivity index (χ1n) is 7.08. The fraction of sp³-hybridized carbons (Fsp3) is 0.562. The lowest BCUT2D eigenvalue weighted by Gasteiger charge is -2.17. The molecule has 0 radical (unpaired) electrons. The molecule has 2 N–H and O–H groups in total. The Morgan fingerprint density at radius 1 is 1.25 bits per heavy atom. The lowest BCUT2D eigenvalue weighted by atomic mass is 9.99. The Bertz CT molecular complexity index is 417. The van der Waals surface area contributed by atoms with Crippen LogP contribution in [0.2, 0.25) is 5.02 Å². The number of rotatable bonds is 7. The molecular weight excluding hydrogens is 274 g/mol. The van der Waals surface area contributed by atoms with Crippen molar-refractivity contribution in [3.05, 3.63) is 34.9 Å². The van der Waals surface area contributed by atoms with Crippen molar-refractivity contribution in [1.29, 1.82) is 0 Å². The molecule has 20 heavy (non-hydrogen) atoms. The third-order valence-electron chi connectivity index (χ3n) is 3.27. The van der Waals surface area contributed by atoms with E-state index in [4.69, 9.17) is 11.6 Å². The molecular formula is C16H24ClNO2. The summed E-state index contributed by atoms with van der Waals surface area (Å²) in [7, 11) is 0. The molecule has 0 bridgehead atoms. The first kappa shape index (κ1) is 17.0. The second-order valence-electron chi connectivity index (χ2n) is 5.67. The van der Waals surface area contributed by atoms with E-state index in [0.29, 0.717) is 24.4 Å². The van der Waals surface area contributed by atoms with Crippen LogP contribution in [0.4, 0.5) is 0 Å². The van der Waals surface area contributed by atoms with E-state index >= 15 is 0 Å². The quantitative estimate of drug-likeness (QED) is 0.813. The summed E-state index contributed by atoms with van der Waals surface area (Å²) in [5.41, 5.74) is 1.11. The number of benzene rings is 1. The second-order valence-corrected chi connectivity index (χ2v) is 6.10. The fourth-order valence-corrected chi connectivity index (χ4v) is 2.31. The Hall–Kier alpha value is -1.06. The van der Waals surface area contributed by atoms with E-state index in [1.54, 1.807) is 6.92 Å². The van der Waals surface area contributed by atoms with E-state index in [9.17, 15) is 9.90 Å². The number of halogens is 1. The highest BCUT2D eigenvalue weighted by Gasteiger charge is 2.15. The highest BCUT2D eigenvalue weighted by atomic mass is 35.5. The summed E-state index contributed by atoms with van der Waals surface area (Å²) in [6.45, 7) is 6.32. The van der Waals surface area contributed by atoms with Crippen molar-refractivity contribution >= 4 is 17.5 Å². The minimum Gasteiger partial charge on any atom is -0.393 e. The summed E-state index contributed by atoms with van der Waals surface area (Å²) in [5.74, 6) is 0.258. The molecule has 0 spiro atoms. The first-order chi connectivity index (χ1) is 9.38. The van der Waals surface area contributed by atoms with Gasteiger partial charge in [-0.3, -0.25) is 4.79 Å². The molecule has 0 aromatic heterocycles. The van der Waals surface area contributed by atoms with Gasteiger partial charge in [-0.2, -0.15) is 0 Å². The van der Waals surface area contributed by atoms with Crippen LogP contribution in [-0.2, 0) is 11.2 Å². The lowest BCUT2D eigenvalue weighted by Crippen LogP contribution is -2.34. The normalized spacial score (nSPS) is 15.4. The molecule has 1 rings (SSSR count). The van der Waals surface area contributed by atoms with Crippen molar-refractivity contribution in [3.63, 3.8) is 0 Å². The van der Waals surface area contributed by atoms with Gasteiger partial charge in [-0.1, -0.05) is 37.6 Å². The van der Waals surface area contributed by atoms with Crippen LogP contribution in [0.25, 0.3) is 0 Å². The molecule has 3 nitrogen and oxygen atoms in total. The van der Waals surface area contributed by atoms with Crippen molar-refractivity contribution in [2.45, 2.75) is 39.7 Å².